The Labute approximate surface area is 305 Å². The summed E-state index contributed by atoms with van der Waals surface area (Å²) in [7, 11) is 5.38. The maximum atomic E-state index is 12.6. The Morgan fingerprint density at radius 2 is 1.10 bits per heavy atom. The monoisotopic (exact) mass is 702 g/mol. The van der Waals surface area contributed by atoms with Crippen molar-refractivity contribution in [1.29, 1.82) is 0 Å². The average Bonchev–Trinajstić information content (AvgIpc) is 3.06. The molecule has 0 amide bonds. The van der Waals surface area contributed by atoms with Crippen LogP contribution in [-0.2, 0) is 28.6 Å². The first-order chi connectivity index (χ1) is 24.1. The summed E-state index contributed by atoms with van der Waals surface area (Å²) in [5.74, 6) is -1.78. The van der Waals surface area contributed by atoms with E-state index >= 15 is 0 Å². The Kier molecular flexibility index (Phi) is 31.2. The fourth-order valence-electron chi connectivity index (χ4n) is 5.22. The second-order valence-corrected chi connectivity index (χ2v) is 13.9. The van der Waals surface area contributed by atoms with Crippen LogP contribution >= 0.6 is 0 Å². The fraction of sp³-hybridized carbons (Fsp3) is 0.690. The number of allylic oxidation sites excluding steroid dienone is 10. The van der Waals surface area contributed by atoms with E-state index in [9.17, 15) is 19.5 Å². The first-order valence-corrected chi connectivity index (χ1v) is 19.4. The Hall–Kier alpha value is -2.97. The molecule has 286 valence electrons. The van der Waals surface area contributed by atoms with Crippen molar-refractivity contribution < 1.29 is 38.2 Å². The molecule has 8 heteroatoms. The average molecular weight is 702 g/mol. The molecule has 0 spiro atoms. The highest BCUT2D eigenvalue weighted by Gasteiger charge is 2.25. The predicted molar refractivity (Wildman–Crippen MR) is 203 cm³/mol. The van der Waals surface area contributed by atoms with Gasteiger partial charge in [-0.2, -0.15) is 0 Å². The van der Waals surface area contributed by atoms with Crippen LogP contribution in [0.25, 0.3) is 0 Å². The molecule has 2 atom stereocenters. The normalized spacial score (nSPS) is 13.7. The molecule has 0 bridgehead atoms. The minimum absolute atomic E-state index is 0.0282. The van der Waals surface area contributed by atoms with E-state index in [-0.39, 0.29) is 42.7 Å². The van der Waals surface area contributed by atoms with Crippen LogP contribution in [0.5, 0.6) is 0 Å². The van der Waals surface area contributed by atoms with Gasteiger partial charge in [-0.15, -0.1) is 0 Å². The summed E-state index contributed by atoms with van der Waals surface area (Å²) in [5, 5.41) is 11.6. The lowest BCUT2D eigenvalue weighted by Crippen LogP contribution is -2.55. The molecule has 50 heavy (non-hydrogen) atoms. The highest BCUT2D eigenvalue weighted by atomic mass is 16.6. The zero-order valence-corrected chi connectivity index (χ0v) is 32.3. The number of quaternary nitrogens is 1. The van der Waals surface area contributed by atoms with E-state index in [0.717, 1.165) is 64.2 Å². The van der Waals surface area contributed by atoms with E-state index in [1.165, 1.54) is 38.5 Å². The molecule has 0 aromatic heterocycles. The van der Waals surface area contributed by atoms with Gasteiger partial charge in [0, 0.05) is 19.3 Å². The molecule has 0 N–H and O–H groups in total. The van der Waals surface area contributed by atoms with Crippen LogP contribution in [0, 0.1) is 0 Å². The van der Waals surface area contributed by atoms with Crippen molar-refractivity contribution in [2.75, 3.05) is 41.0 Å². The lowest BCUT2D eigenvalue weighted by Gasteiger charge is -2.34. The number of nitrogens with zero attached hydrogens (tertiary/aromatic N) is 1. The van der Waals surface area contributed by atoms with Gasteiger partial charge in [0.05, 0.1) is 40.3 Å². The van der Waals surface area contributed by atoms with Crippen LogP contribution in [0.4, 0.5) is 0 Å². The molecule has 0 heterocycles. The van der Waals surface area contributed by atoms with Gasteiger partial charge in [0.15, 0.2) is 6.10 Å². The van der Waals surface area contributed by atoms with Crippen molar-refractivity contribution in [3.8, 4) is 0 Å². The Bertz CT molecular complexity index is 1010. The lowest BCUT2D eigenvalue weighted by atomic mass is 10.1. The van der Waals surface area contributed by atoms with E-state index in [0.29, 0.717) is 12.8 Å². The lowest BCUT2D eigenvalue weighted by molar-refractivity contribution is -0.889. The van der Waals surface area contributed by atoms with Gasteiger partial charge in [-0.05, 0) is 32.1 Å². The number of carboxylic acid groups (broad SMARTS) is 1. The van der Waals surface area contributed by atoms with Crippen molar-refractivity contribution in [1.82, 2.24) is 0 Å². The molecular formula is C42H71NO7. The van der Waals surface area contributed by atoms with E-state index < -0.39 is 18.1 Å². The highest BCUT2D eigenvalue weighted by molar-refractivity contribution is 5.70. The second-order valence-electron chi connectivity index (χ2n) is 13.9. The number of hydrogen-bond acceptors (Lipinski definition) is 7. The number of aliphatic carboxylic acids is 1. The molecule has 2 unspecified atom stereocenters. The second kappa shape index (κ2) is 33.2. The van der Waals surface area contributed by atoms with E-state index in [1.54, 1.807) is 21.1 Å². The molecule has 0 aromatic carbocycles. The van der Waals surface area contributed by atoms with Crippen LogP contribution in [0.1, 0.15) is 136 Å². The summed E-state index contributed by atoms with van der Waals surface area (Å²) in [5.41, 5.74) is 0. The van der Waals surface area contributed by atoms with Gasteiger partial charge >= 0.3 is 11.9 Å². The molecule has 0 aliphatic heterocycles. The molecule has 0 radical (unpaired) electrons. The summed E-state index contributed by atoms with van der Waals surface area (Å²) in [6.45, 7) is 4.49. The molecule has 0 saturated heterocycles. The van der Waals surface area contributed by atoms with Gasteiger partial charge in [-0.1, -0.05) is 145 Å². The third kappa shape index (κ3) is 31.0. The molecule has 0 aliphatic rings. The van der Waals surface area contributed by atoms with Gasteiger partial charge in [-0.3, -0.25) is 9.59 Å². The molecule has 0 aromatic rings. The quantitative estimate of drug-likeness (QED) is 0.0293. The first-order valence-electron chi connectivity index (χ1n) is 19.4. The fourth-order valence-corrected chi connectivity index (χ4v) is 5.22. The van der Waals surface area contributed by atoms with Crippen molar-refractivity contribution in [3.05, 3.63) is 60.8 Å². The van der Waals surface area contributed by atoms with Crippen molar-refractivity contribution in [2.24, 2.45) is 0 Å². The topological polar surface area (TPSA) is 102 Å². The van der Waals surface area contributed by atoms with Crippen LogP contribution in [-0.4, -0.2) is 75.5 Å². The van der Waals surface area contributed by atoms with Crippen molar-refractivity contribution >= 4 is 17.9 Å². The first kappa shape index (κ1) is 47.0. The Balaban J connectivity index is 4.45. The molecule has 0 fully saturated rings. The Morgan fingerprint density at radius 1 is 0.600 bits per heavy atom. The van der Waals surface area contributed by atoms with Gasteiger partial charge < -0.3 is 28.6 Å². The van der Waals surface area contributed by atoms with Gasteiger partial charge in [0.1, 0.15) is 12.6 Å². The van der Waals surface area contributed by atoms with Crippen LogP contribution in [0.2, 0.25) is 0 Å². The third-order valence-corrected chi connectivity index (χ3v) is 8.27. The summed E-state index contributed by atoms with van der Waals surface area (Å²) in [6, 6.07) is -0.730. The molecule has 8 nitrogen and oxygen atoms in total. The minimum Gasteiger partial charge on any atom is -0.544 e. The number of carboxylic acids is 1. The van der Waals surface area contributed by atoms with E-state index in [4.69, 9.17) is 14.2 Å². The van der Waals surface area contributed by atoms with E-state index in [2.05, 4.69) is 38.2 Å². The zero-order valence-electron chi connectivity index (χ0n) is 32.3. The summed E-state index contributed by atoms with van der Waals surface area (Å²) < 4.78 is 17.0. The number of hydrogen-bond donors (Lipinski definition) is 0. The smallest absolute Gasteiger partial charge is 0.306 e. The van der Waals surface area contributed by atoms with Crippen molar-refractivity contribution in [2.45, 2.75) is 148 Å². The molecule has 0 rings (SSSR count). The van der Waals surface area contributed by atoms with E-state index in [1.807, 2.05) is 36.5 Å². The molecule has 0 aliphatic carbocycles. The van der Waals surface area contributed by atoms with Crippen molar-refractivity contribution in [3.63, 3.8) is 0 Å². The number of ether oxygens (including phenoxy) is 3. The number of likely N-dealkylation sites (N-methyl/N-ethyl adjacent to an activating group) is 1. The maximum Gasteiger partial charge on any atom is 0.306 e. The molecular weight excluding hydrogens is 630 g/mol. The van der Waals surface area contributed by atoms with Gasteiger partial charge in [0.25, 0.3) is 0 Å². The number of rotatable bonds is 33. The van der Waals surface area contributed by atoms with Crippen LogP contribution in [0.3, 0.4) is 0 Å². The minimum atomic E-state index is -1.13. The SMILES string of the molecule is CCC/C=C/C=C/C=C/C=C/C=C/CCCCCCCC(=O)OC(COCCC(C(=O)[O-])[N+](C)(C)C)COC(=O)CCCCCCCCCC. The van der Waals surface area contributed by atoms with Gasteiger partial charge in [0.2, 0.25) is 0 Å². The molecule has 0 saturated carbocycles. The number of carbonyl (C=O) groups excluding carboxylic acids is 3. The number of esters is 2. The predicted octanol–water partition coefficient (Wildman–Crippen LogP) is 8.52. The summed E-state index contributed by atoms with van der Waals surface area (Å²) >= 11 is 0. The zero-order chi connectivity index (χ0) is 37.1. The van der Waals surface area contributed by atoms with Crippen LogP contribution in [0.15, 0.2) is 60.8 Å². The summed E-state index contributed by atoms with van der Waals surface area (Å²) in [6.07, 6.45) is 38.2. The number of carbonyl (C=O) groups is 3. The summed E-state index contributed by atoms with van der Waals surface area (Å²) in [4.78, 5) is 36.6. The number of unbranched alkanes of at least 4 members (excludes halogenated alkanes) is 13. The third-order valence-electron chi connectivity index (χ3n) is 8.27. The van der Waals surface area contributed by atoms with Crippen LogP contribution < -0.4 is 5.11 Å². The maximum absolute atomic E-state index is 12.6. The largest absolute Gasteiger partial charge is 0.544 e. The van der Waals surface area contributed by atoms with Gasteiger partial charge in [-0.25, -0.2) is 0 Å². The Morgan fingerprint density at radius 3 is 1.64 bits per heavy atom. The highest BCUT2D eigenvalue weighted by Crippen LogP contribution is 2.12. The standard InChI is InChI=1S/C42H71NO7/c1-6-8-10-12-14-16-17-18-19-20-21-22-23-24-25-27-29-31-33-41(45)50-38(36-48-35-34-39(42(46)47)43(3,4)5)37-49-40(44)32-30-28-26-15-13-11-9-7-2/h10,12,14,16-22,38-39H,6-9,11,13,15,23-37H2,1-5H3/b12-10+,16-14+,18-17+,20-19+,22-21+.